The van der Waals surface area contributed by atoms with Gasteiger partial charge in [-0.25, -0.2) is 0 Å². The number of carbonyl (C=O) groups is 2. The number of carbonyl (C=O) groups excluding carboxylic acids is 2. The van der Waals surface area contributed by atoms with E-state index in [4.69, 9.17) is 4.74 Å². The largest absolute Gasteiger partial charge is 0.497 e. The maximum atomic E-state index is 13.2. The highest BCUT2D eigenvalue weighted by molar-refractivity contribution is 6.03. The van der Waals surface area contributed by atoms with Crippen molar-refractivity contribution in [1.29, 1.82) is 0 Å². The topological polar surface area (TPSA) is 58.6 Å². The molecule has 0 spiro atoms. The summed E-state index contributed by atoms with van der Waals surface area (Å²) >= 11 is 0. The van der Waals surface area contributed by atoms with Gasteiger partial charge < -0.3 is 15.0 Å². The van der Waals surface area contributed by atoms with Gasteiger partial charge in [-0.3, -0.25) is 9.59 Å². The fourth-order valence-corrected chi connectivity index (χ4v) is 3.45. The molecule has 2 aromatic carbocycles. The summed E-state index contributed by atoms with van der Waals surface area (Å²) in [6, 6.07) is 14.3. The summed E-state index contributed by atoms with van der Waals surface area (Å²) in [4.78, 5) is 27.8. The van der Waals surface area contributed by atoms with Crippen LogP contribution in [0.4, 0.5) is 5.69 Å². The highest BCUT2D eigenvalue weighted by Gasteiger charge is 2.31. The Morgan fingerprint density at radius 2 is 1.93 bits per heavy atom. The third-order valence-electron chi connectivity index (χ3n) is 4.80. The first-order valence-electron chi connectivity index (χ1n) is 9.33. The van der Waals surface area contributed by atoms with Crippen molar-refractivity contribution in [2.45, 2.75) is 32.7 Å². The van der Waals surface area contributed by atoms with Crippen LogP contribution >= 0.6 is 0 Å². The average Bonchev–Trinajstić information content (AvgIpc) is 3.10. The second-order valence-corrected chi connectivity index (χ2v) is 7.26. The van der Waals surface area contributed by atoms with Crippen LogP contribution in [-0.4, -0.2) is 31.5 Å². The monoisotopic (exact) mass is 366 g/mol. The number of rotatable bonds is 6. The first-order chi connectivity index (χ1) is 13.0. The van der Waals surface area contributed by atoms with Gasteiger partial charge in [-0.15, -0.1) is 0 Å². The Labute approximate surface area is 160 Å². The summed E-state index contributed by atoms with van der Waals surface area (Å²) < 4.78 is 5.19. The number of hydrogen-bond donors (Lipinski definition) is 1. The second kappa shape index (κ2) is 8.25. The Bertz CT molecular complexity index is 832. The van der Waals surface area contributed by atoms with Crippen LogP contribution < -0.4 is 15.0 Å². The number of fused-ring (bicyclic) bond motifs is 1. The zero-order valence-electron chi connectivity index (χ0n) is 16.1. The molecule has 1 aliphatic heterocycles. The van der Waals surface area contributed by atoms with Crippen molar-refractivity contribution < 1.29 is 14.3 Å². The van der Waals surface area contributed by atoms with Crippen LogP contribution in [0.5, 0.6) is 5.75 Å². The molecule has 1 atom stereocenters. The summed E-state index contributed by atoms with van der Waals surface area (Å²) in [5.41, 5.74) is 2.61. The normalized spacial score (nSPS) is 14.0. The zero-order valence-corrected chi connectivity index (χ0v) is 16.1. The van der Waals surface area contributed by atoms with Gasteiger partial charge in [-0.05, 0) is 48.6 Å². The average molecular weight is 366 g/mol. The molecule has 0 bridgehead atoms. The number of ether oxygens (including phenoxy) is 1. The highest BCUT2D eigenvalue weighted by Crippen LogP contribution is 2.28. The number of para-hydroxylation sites is 1. The molecule has 0 unspecified atom stereocenters. The van der Waals surface area contributed by atoms with Gasteiger partial charge in [0.15, 0.2) is 0 Å². The van der Waals surface area contributed by atoms with Crippen LogP contribution in [0.2, 0.25) is 0 Å². The van der Waals surface area contributed by atoms with E-state index in [-0.39, 0.29) is 17.7 Å². The van der Waals surface area contributed by atoms with Crippen molar-refractivity contribution in [3.63, 3.8) is 0 Å². The molecular formula is C22H26N2O3. The SMILES string of the molecule is COc1cccc(C(=O)N[C@H](CC(C)C)C(=O)N2CCc3ccccc32)c1. The molecule has 0 fully saturated rings. The molecule has 0 saturated heterocycles. The summed E-state index contributed by atoms with van der Waals surface area (Å²) in [5.74, 6) is 0.579. The number of hydrogen-bond acceptors (Lipinski definition) is 3. The van der Waals surface area contributed by atoms with E-state index in [1.807, 2.05) is 18.2 Å². The minimum Gasteiger partial charge on any atom is -0.497 e. The third-order valence-corrected chi connectivity index (χ3v) is 4.80. The van der Waals surface area contributed by atoms with Gasteiger partial charge in [0.1, 0.15) is 11.8 Å². The van der Waals surface area contributed by atoms with Crippen LogP contribution in [0, 0.1) is 5.92 Å². The van der Waals surface area contributed by atoms with Crippen LogP contribution in [0.3, 0.4) is 0 Å². The van der Waals surface area contributed by atoms with Crippen molar-refractivity contribution in [3.05, 3.63) is 59.7 Å². The third kappa shape index (κ3) is 4.30. The number of nitrogens with one attached hydrogen (secondary N) is 1. The quantitative estimate of drug-likeness (QED) is 0.852. The van der Waals surface area contributed by atoms with E-state index in [2.05, 4.69) is 25.2 Å². The standard InChI is InChI=1S/C22H26N2O3/c1-15(2)13-19(23-21(25)17-8-6-9-18(14-17)27-3)22(26)24-12-11-16-7-4-5-10-20(16)24/h4-10,14-15,19H,11-13H2,1-3H3,(H,23,25)/t19-/m1/s1. The van der Waals surface area contributed by atoms with Gasteiger partial charge in [0.25, 0.3) is 5.91 Å². The summed E-state index contributed by atoms with van der Waals surface area (Å²) in [6.07, 6.45) is 1.44. The molecule has 3 rings (SSSR count). The summed E-state index contributed by atoms with van der Waals surface area (Å²) in [6.45, 7) is 4.76. The van der Waals surface area contributed by atoms with E-state index < -0.39 is 6.04 Å². The van der Waals surface area contributed by atoms with E-state index in [0.29, 0.717) is 24.3 Å². The van der Waals surface area contributed by atoms with Crippen molar-refractivity contribution in [3.8, 4) is 5.75 Å². The lowest BCUT2D eigenvalue weighted by Crippen LogP contribution is -2.49. The number of methoxy groups -OCH3 is 1. The zero-order chi connectivity index (χ0) is 19.4. The summed E-state index contributed by atoms with van der Waals surface area (Å²) in [5, 5.41) is 2.94. The van der Waals surface area contributed by atoms with Gasteiger partial charge in [0.05, 0.1) is 7.11 Å². The Morgan fingerprint density at radius 1 is 1.15 bits per heavy atom. The molecule has 1 N–H and O–H groups in total. The second-order valence-electron chi connectivity index (χ2n) is 7.26. The fraction of sp³-hybridized carbons (Fsp3) is 0.364. The van der Waals surface area contributed by atoms with Crippen molar-refractivity contribution >= 4 is 17.5 Å². The number of nitrogens with zero attached hydrogens (tertiary/aromatic N) is 1. The Hall–Kier alpha value is -2.82. The molecule has 1 aliphatic rings. The molecule has 27 heavy (non-hydrogen) atoms. The lowest BCUT2D eigenvalue weighted by Gasteiger charge is -2.26. The maximum absolute atomic E-state index is 13.2. The van der Waals surface area contributed by atoms with Gasteiger partial charge >= 0.3 is 0 Å². The van der Waals surface area contributed by atoms with Gasteiger partial charge in [-0.1, -0.05) is 38.1 Å². The van der Waals surface area contributed by atoms with Crippen LogP contribution in [0.25, 0.3) is 0 Å². The molecule has 142 valence electrons. The van der Waals surface area contributed by atoms with Crippen molar-refractivity contribution in [1.82, 2.24) is 5.32 Å². The highest BCUT2D eigenvalue weighted by atomic mass is 16.5. The van der Waals surface area contributed by atoms with Gasteiger partial charge in [0, 0.05) is 17.8 Å². The molecule has 0 saturated carbocycles. The molecule has 0 aliphatic carbocycles. The van der Waals surface area contributed by atoms with Gasteiger partial charge in [-0.2, -0.15) is 0 Å². The molecule has 0 aromatic heterocycles. The van der Waals surface area contributed by atoms with Gasteiger partial charge in [0.2, 0.25) is 5.91 Å². The van der Waals surface area contributed by atoms with Crippen LogP contribution in [0.15, 0.2) is 48.5 Å². The summed E-state index contributed by atoms with van der Waals surface area (Å²) in [7, 11) is 1.56. The molecule has 0 radical (unpaired) electrons. The van der Waals surface area contributed by atoms with Crippen LogP contribution in [0.1, 0.15) is 36.2 Å². The predicted molar refractivity (Wildman–Crippen MR) is 106 cm³/mol. The molecule has 5 nitrogen and oxygen atoms in total. The molecular weight excluding hydrogens is 340 g/mol. The Morgan fingerprint density at radius 3 is 2.67 bits per heavy atom. The number of anilines is 1. The van der Waals surface area contributed by atoms with Crippen molar-refractivity contribution in [2.75, 3.05) is 18.6 Å². The molecule has 2 aromatic rings. The first kappa shape index (κ1) is 19.0. The number of benzene rings is 2. The van der Waals surface area contributed by atoms with E-state index >= 15 is 0 Å². The van der Waals surface area contributed by atoms with E-state index in [1.165, 1.54) is 5.56 Å². The lowest BCUT2D eigenvalue weighted by molar-refractivity contribution is -0.120. The molecule has 2 amide bonds. The van der Waals surface area contributed by atoms with Crippen LogP contribution in [-0.2, 0) is 11.2 Å². The van der Waals surface area contributed by atoms with E-state index in [1.54, 1.807) is 36.3 Å². The smallest absolute Gasteiger partial charge is 0.252 e. The predicted octanol–water partition coefficient (Wildman–Crippen LogP) is 3.43. The lowest BCUT2D eigenvalue weighted by atomic mass is 10.0. The van der Waals surface area contributed by atoms with E-state index in [0.717, 1.165) is 12.1 Å². The molecule has 1 heterocycles. The Balaban J connectivity index is 1.79. The first-order valence-corrected chi connectivity index (χ1v) is 9.33. The maximum Gasteiger partial charge on any atom is 0.252 e. The minimum atomic E-state index is -0.560. The van der Waals surface area contributed by atoms with Crippen molar-refractivity contribution in [2.24, 2.45) is 5.92 Å². The Kier molecular flexibility index (Phi) is 5.79. The fourth-order valence-electron chi connectivity index (χ4n) is 3.45. The molecule has 5 heteroatoms. The number of amides is 2. The minimum absolute atomic E-state index is 0.0510. The van der Waals surface area contributed by atoms with E-state index in [9.17, 15) is 9.59 Å².